The van der Waals surface area contributed by atoms with E-state index >= 15 is 0 Å². The molecule has 0 fully saturated rings. The second-order valence-corrected chi connectivity index (χ2v) is 11.7. The zero-order valence-electron chi connectivity index (χ0n) is 15.6. The molecule has 1 aromatic heterocycles. The van der Waals surface area contributed by atoms with Gasteiger partial charge in [-0.25, -0.2) is 0 Å². The van der Waals surface area contributed by atoms with Gasteiger partial charge < -0.3 is 9.15 Å². The number of carbonyl (C=O) groups is 1. The first kappa shape index (κ1) is 19.8. The molecule has 1 atom stereocenters. The Hall–Kier alpha value is -1.29. The fourth-order valence-electron chi connectivity index (χ4n) is 3.09. The maximum Gasteiger partial charge on any atom is 0.303 e. The van der Waals surface area contributed by atoms with Crippen molar-refractivity contribution in [3.8, 4) is 0 Å². The fraction of sp³-hybridized carbons (Fsp3) is 0.632. The molecule has 1 rings (SSSR count). The number of rotatable bonds is 9. The Morgan fingerprint density at radius 2 is 1.83 bits per heavy atom. The third kappa shape index (κ3) is 5.38. The minimum Gasteiger partial charge on any atom is -0.474 e. The van der Waals surface area contributed by atoms with Gasteiger partial charge in [0.25, 0.3) is 0 Å². The van der Waals surface area contributed by atoms with Gasteiger partial charge >= 0.3 is 5.97 Å². The molecular weight excluding hydrogens is 304 g/mol. The third-order valence-corrected chi connectivity index (χ3v) is 10.2. The molecule has 0 bridgehead atoms. The van der Waals surface area contributed by atoms with Gasteiger partial charge in [0.15, 0.2) is 0 Å². The number of furan rings is 1. The first-order chi connectivity index (χ1) is 10.9. The van der Waals surface area contributed by atoms with Gasteiger partial charge in [0.1, 0.15) is 14.2 Å². The van der Waals surface area contributed by atoms with Gasteiger partial charge in [0.2, 0.25) is 0 Å². The van der Waals surface area contributed by atoms with E-state index in [1.165, 1.54) is 30.6 Å². The lowest BCUT2D eigenvalue weighted by molar-refractivity contribution is -0.147. The van der Waals surface area contributed by atoms with Crippen molar-refractivity contribution in [2.75, 3.05) is 0 Å². The number of ether oxygens (including phenoxy) is 1. The van der Waals surface area contributed by atoms with Gasteiger partial charge in [-0.3, -0.25) is 4.79 Å². The first-order valence-electron chi connectivity index (χ1n) is 8.78. The Morgan fingerprint density at radius 1 is 1.22 bits per heavy atom. The lowest BCUT2D eigenvalue weighted by Crippen LogP contribution is -2.44. The minimum absolute atomic E-state index is 0.210. The topological polar surface area (TPSA) is 39.4 Å². The maximum absolute atomic E-state index is 11.4. The molecular formula is C19H32O3Si. The standard InChI is InChI=1S/C19H32O3Si/c1-7-23(8-2,9-3)19-13-17(14-21-19)18(22-16(6)20)12-10-11-15(4)5/h11,13-14,18H,7-10,12H2,1-6H3. The maximum atomic E-state index is 11.4. The van der Waals surface area contributed by atoms with Crippen molar-refractivity contribution in [3.63, 3.8) is 0 Å². The zero-order chi connectivity index (χ0) is 17.5. The highest BCUT2D eigenvalue weighted by atomic mass is 28.3. The molecule has 1 unspecified atom stereocenters. The number of esters is 1. The van der Waals surface area contributed by atoms with Crippen molar-refractivity contribution < 1.29 is 13.9 Å². The molecule has 0 radical (unpaired) electrons. The summed E-state index contributed by atoms with van der Waals surface area (Å²) in [4.78, 5) is 11.4. The van der Waals surface area contributed by atoms with E-state index in [1.54, 1.807) is 6.26 Å². The second-order valence-electron chi connectivity index (χ2n) is 6.54. The van der Waals surface area contributed by atoms with Crippen LogP contribution in [0.4, 0.5) is 0 Å². The summed E-state index contributed by atoms with van der Waals surface area (Å²) < 4.78 is 11.5. The molecule has 0 aliphatic rings. The SMILES string of the molecule is CC[Si](CC)(CC)c1cc(C(CCC=C(C)C)OC(C)=O)co1. The number of carbonyl (C=O) groups excluding carboxylic acids is 1. The lowest BCUT2D eigenvalue weighted by Gasteiger charge is -2.24. The zero-order valence-corrected chi connectivity index (χ0v) is 16.6. The molecule has 0 N–H and O–H groups in total. The molecule has 0 aliphatic heterocycles. The number of hydrogen-bond donors (Lipinski definition) is 0. The minimum atomic E-state index is -1.53. The molecule has 0 amide bonds. The van der Waals surface area contributed by atoms with Crippen molar-refractivity contribution in [2.45, 2.75) is 78.6 Å². The van der Waals surface area contributed by atoms with Crippen LogP contribution in [0.3, 0.4) is 0 Å². The predicted molar refractivity (Wildman–Crippen MR) is 98.7 cm³/mol. The van der Waals surface area contributed by atoms with Crippen molar-refractivity contribution >= 4 is 19.4 Å². The van der Waals surface area contributed by atoms with E-state index in [-0.39, 0.29) is 12.1 Å². The predicted octanol–water partition coefficient (Wildman–Crippen LogP) is 5.35. The molecule has 0 aliphatic carbocycles. The molecule has 23 heavy (non-hydrogen) atoms. The molecule has 1 heterocycles. The Labute approximate surface area is 142 Å². The average Bonchev–Trinajstić information content (AvgIpc) is 2.98. The molecule has 130 valence electrons. The van der Waals surface area contributed by atoms with E-state index in [1.807, 2.05) is 0 Å². The van der Waals surface area contributed by atoms with Crippen LogP contribution in [0.5, 0.6) is 0 Å². The Morgan fingerprint density at radius 3 is 2.30 bits per heavy atom. The van der Waals surface area contributed by atoms with E-state index in [0.29, 0.717) is 0 Å². The molecule has 0 aromatic carbocycles. The lowest BCUT2D eigenvalue weighted by atomic mass is 10.1. The fourth-order valence-corrected chi connectivity index (χ4v) is 6.42. The van der Waals surface area contributed by atoms with Gasteiger partial charge in [-0.2, -0.15) is 0 Å². The highest BCUT2D eigenvalue weighted by Crippen LogP contribution is 2.27. The molecule has 1 aromatic rings. The van der Waals surface area contributed by atoms with E-state index < -0.39 is 8.07 Å². The normalized spacial score (nSPS) is 12.8. The summed E-state index contributed by atoms with van der Waals surface area (Å²) >= 11 is 0. The van der Waals surface area contributed by atoms with Crippen molar-refractivity contribution in [1.29, 1.82) is 0 Å². The molecule has 0 saturated heterocycles. The summed E-state index contributed by atoms with van der Waals surface area (Å²) in [7, 11) is -1.53. The van der Waals surface area contributed by atoms with Crippen LogP contribution in [0.1, 0.15) is 66.1 Å². The smallest absolute Gasteiger partial charge is 0.303 e. The summed E-state index contributed by atoms with van der Waals surface area (Å²) in [5.41, 5.74) is 2.29. The van der Waals surface area contributed by atoms with Crippen LogP contribution in [0.25, 0.3) is 0 Å². The van der Waals surface area contributed by atoms with Crippen LogP contribution in [-0.2, 0) is 9.53 Å². The van der Waals surface area contributed by atoms with Crippen LogP contribution in [0.2, 0.25) is 18.1 Å². The number of allylic oxidation sites excluding steroid dienone is 2. The summed E-state index contributed by atoms with van der Waals surface area (Å²) in [6.45, 7) is 12.4. The van der Waals surface area contributed by atoms with Crippen LogP contribution >= 0.6 is 0 Å². The third-order valence-electron chi connectivity index (χ3n) is 4.83. The van der Waals surface area contributed by atoms with Crippen LogP contribution < -0.4 is 5.38 Å². The Balaban J connectivity index is 2.99. The Bertz CT molecular complexity index is 514. The van der Waals surface area contributed by atoms with Gasteiger partial charge in [0.05, 0.1) is 11.6 Å². The van der Waals surface area contributed by atoms with Crippen LogP contribution in [0, 0.1) is 0 Å². The summed E-state index contributed by atoms with van der Waals surface area (Å²) in [5, 5.41) is 1.15. The highest BCUT2D eigenvalue weighted by Gasteiger charge is 2.33. The quantitative estimate of drug-likeness (QED) is 0.347. The van der Waals surface area contributed by atoms with Gasteiger partial charge in [0, 0.05) is 12.5 Å². The van der Waals surface area contributed by atoms with Crippen molar-refractivity contribution in [1.82, 2.24) is 0 Å². The summed E-state index contributed by atoms with van der Waals surface area (Å²) in [6.07, 6.45) is 5.47. The van der Waals surface area contributed by atoms with E-state index in [2.05, 4.69) is 46.8 Å². The van der Waals surface area contributed by atoms with Gasteiger partial charge in [-0.1, -0.05) is 50.6 Å². The highest BCUT2D eigenvalue weighted by molar-refractivity contribution is 6.90. The van der Waals surface area contributed by atoms with E-state index in [9.17, 15) is 4.79 Å². The molecule has 4 heteroatoms. The molecule has 0 saturated carbocycles. The molecule has 0 spiro atoms. The second kappa shape index (κ2) is 9.11. The summed E-state index contributed by atoms with van der Waals surface area (Å²) in [5.74, 6) is -0.236. The number of hydrogen-bond acceptors (Lipinski definition) is 3. The van der Waals surface area contributed by atoms with Gasteiger partial charge in [-0.05, 0) is 32.8 Å². The van der Waals surface area contributed by atoms with E-state index in [0.717, 1.165) is 23.8 Å². The van der Waals surface area contributed by atoms with Crippen molar-refractivity contribution in [2.24, 2.45) is 0 Å². The molecule has 3 nitrogen and oxygen atoms in total. The van der Waals surface area contributed by atoms with Crippen molar-refractivity contribution in [3.05, 3.63) is 29.5 Å². The monoisotopic (exact) mass is 336 g/mol. The Kier molecular flexibility index (Phi) is 7.83. The first-order valence-corrected chi connectivity index (χ1v) is 11.4. The van der Waals surface area contributed by atoms with Crippen LogP contribution in [-0.4, -0.2) is 14.0 Å². The summed E-state index contributed by atoms with van der Waals surface area (Å²) in [6, 6.07) is 5.70. The largest absolute Gasteiger partial charge is 0.474 e. The average molecular weight is 337 g/mol. The van der Waals surface area contributed by atoms with E-state index in [4.69, 9.17) is 9.15 Å². The van der Waals surface area contributed by atoms with Gasteiger partial charge in [-0.15, -0.1) is 0 Å². The van der Waals surface area contributed by atoms with Crippen LogP contribution in [0.15, 0.2) is 28.4 Å².